The zero-order chi connectivity index (χ0) is 14.9. The minimum absolute atomic E-state index is 0.0529. The van der Waals surface area contributed by atoms with Crippen molar-refractivity contribution in [2.24, 2.45) is 11.7 Å². The molecule has 3 N–H and O–H groups in total. The molecule has 0 radical (unpaired) electrons. The van der Waals surface area contributed by atoms with E-state index < -0.39 is 0 Å². The molecular formula is C17H26N2O2. The SMILES string of the molecule is NCC(Cc1ccccc1)C(=O)NCCC1CCCCO1. The molecule has 1 saturated heterocycles. The van der Waals surface area contributed by atoms with Crippen LogP contribution in [0.25, 0.3) is 0 Å². The van der Waals surface area contributed by atoms with E-state index in [1.807, 2.05) is 30.3 Å². The number of amides is 1. The molecule has 0 aromatic heterocycles. The van der Waals surface area contributed by atoms with Crippen LogP contribution in [0.1, 0.15) is 31.2 Å². The molecule has 21 heavy (non-hydrogen) atoms. The second-order valence-electron chi connectivity index (χ2n) is 5.69. The molecule has 116 valence electrons. The van der Waals surface area contributed by atoms with E-state index in [0.29, 0.717) is 25.6 Å². The van der Waals surface area contributed by atoms with Crippen LogP contribution in [0.5, 0.6) is 0 Å². The van der Waals surface area contributed by atoms with Gasteiger partial charge in [0.25, 0.3) is 0 Å². The van der Waals surface area contributed by atoms with E-state index in [4.69, 9.17) is 10.5 Å². The van der Waals surface area contributed by atoms with Gasteiger partial charge >= 0.3 is 0 Å². The molecule has 0 aliphatic carbocycles. The van der Waals surface area contributed by atoms with E-state index in [1.54, 1.807) is 0 Å². The van der Waals surface area contributed by atoms with Gasteiger partial charge < -0.3 is 15.8 Å². The first-order valence-corrected chi connectivity index (χ1v) is 7.93. The number of benzene rings is 1. The maximum atomic E-state index is 12.2. The molecular weight excluding hydrogens is 264 g/mol. The molecule has 0 bridgehead atoms. The topological polar surface area (TPSA) is 64.4 Å². The number of carbonyl (C=O) groups is 1. The Morgan fingerprint density at radius 3 is 2.81 bits per heavy atom. The molecule has 1 aromatic rings. The van der Waals surface area contributed by atoms with E-state index in [-0.39, 0.29) is 11.8 Å². The van der Waals surface area contributed by atoms with Crippen LogP contribution >= 0.6 is 0 Å². The molecule has 2 rings (SSSR count). The normalized spacial score (nSPS) is 20.0. The summed E-state index contributed by atoms with van der Waals surface area (Å²) in [5, 5.41) is 3.00. The van der Waals surface area contributed by atoms with Gasteiger partial charge in [0.2, 0.25) is 5.91 Å². The van der Waals surface area contributed by atoms with Gasteiger partial charge in [0.05, 0.1) is 12.0 Å². The summed E-state index contributed by atoms with van der Waals surface area (Å²) in [6, 6.07) is 10.0. The van der Waals surface area contributed by atoms with Gasteiger partial charge in [0.1, 0.15) is 0 Å². The van der Waals surface area contributed by atoms with Crippen molar-refractivity contribution in [3.8, 4) is 0 Å². The summed E-state index contributed by atoms with van der Waals surface area (Å²) in [6.45, 7) is 1.91. The quantitative estimate of drug-likeness (QED) is 0.806. The zero-order valence-electron chi connectivity index (χ0n) is 12.6. The lowest BCUT2D eigenvalue weighted by Gasteiger charge is -2.23. The van der Waals surface area contributed by atoms with Gasteiger partial charge in [-0.05, 0) is 37.7 Å². The summed E-state index contributed by atoms with van der Waals surface area (Å²) in [7, 11) is 0. The maximum absolute atomic E-state index is 12.2. The number of carbonyl (C=O) groups excluding carboxylic acids is 1. The fourth-order valence-electron chi connectivity index (χ4n) is 2.72. The summed E-state index contributed by atoms with van der Waals surface area (Å²) >= 11 is 0. The highest BCUT2D eigenvalue weighted by Crippen LogP contribution is 2.15. The highest BCUT2D eigenvalue weighted by atomic mass is 16.5. The van der Waals surface area contributed by atoms with Crippen molar-refractivity contribution in [1.29, 1.82) is 0 Å². The lowest BCUT2D eigenvalue weighted by atomic mass is 9.98. The second kappa shape index (κ2) is 8.80. The van der Waals surface area contributed by atoms with Crippen molar-refractivity contribution in [3.05, 3.63) is 35.9 Å². The highest BCUT2D eigenvalue weighted by Gasteiger charge is 2.18. The van der Waals surface area contributed by atoms with Gasteiger partial charge in [0, 0.05) is 19.7 Å². The van der Waals surface area contributed by atoms with Crippen molar-refractivity contribution in [2.45, 2.75) is 38.2 Å². The molecule has 4 nitrogen and oxygen atoms in total. The number of hydrogen-bond acceptors (Lipinski definition) is 3. The number of ether oxygens (including phenoxy) is 1. The number of hydrogen-bond donors (Lipinski definition) is 2. The molecule has 1 aromatic carbocycles. The summed E-state index contributed by atoms with van der Waals surface area (Å²) in [5.41, 5.74) is 6.90. The molecule has 2 unspecified atom stereocenters. The minimum atomic E-state index is -0.153. The van der Waals surface area contributed by atoms with Gasteiger partial charge in [-0.1, -0.05) is 30.3 Å². The highest BCUT2D eigenvalue weighted by molar-refractivity contribution is 5.79. The third-order valence-electron chi connectivity index (χ3n) is 4.02. The lowest BCUT2D eigenvalue weighted by molar-refractivity contribution is -0.124. The molecule has 1 fully saturated rings. The first-order chi connectivity index (χ1) is 10.3. The average molecular weight is 290 g/mol. The predicted octanol–water partition coefficient (Wildman–Crippen LogP) is 1.88. The minimum Gasteiger partial charge on any atom is -0.378 e. The maximum Gasteiger partial charge on any atom is 0.224 e. The Labute approximate surface area is 127 Å². The number of nitrogens with one attached hydrogen (secondary N) is 1. The van der Waals surface area contributed by atoms with Crippen molar-refractivity contribution < 1.29 is 9.53 Å². The third kappa shape index (κ3) is 5.48. The summed E-state index contributed by atoms with van der Waals surface area (Å²) in [6.07, 6.45) is 5.41. The van der Waals surface area contributed by atoms with Crippen LogP contribution in [-0.2, 0) is 16.0 Å². The molecule has 1 aliphatic rings. The van der Waals surface area contributed by atoms with E-state index in [2.05, 4.69) is 5.32 Å². The van der Waals surface area contributed by atoms with Crippen LogP contribution in [-0.4, -0.2) is 31.7 Å². The van der Waals surface area contributed by atoms with Gasteiger partial charge in [-0.15, -0.1) is 0 Å². The van der Waals surface area contributed by atoms with Crippen LogP contribution in [0.4, 0.5) is 0 Å². The van der Waals surface area contributed by atoms with Crippen molar-refractivity contribution >= 4 is 5.91 Å². The van der Waals surface area contributed by atoms with Crippen LogP contribution in [0.3, 0.4) is 0 Å². The molecule has 1 amide bonds. The van der Waals surface area contributed by atoms with Crippen molar-refractivity contribution in [1.82, 2.24) is 5.32 Å². The predicted molar refractivity (Wildman–Crippen MR) is 83.9 cm³/mol. The van der Waals surface area contributed by atoms with E-state index in [0.717, 1.165) is 31.4 Å². The third-order valence-corrected chi connectivity index (χ3v) is 4.02. The first-order valence-electron chi connectivity index (χ1n) is 7.93. The molecule has 0 spiro atoms. The van der Waals surface area contributed by atoms with E-state index in [9.17, 15) is 4.79 Å². The van der Waals surface area contributed by atoms with Crippen LogP contribution < -0.4 is 11.1 Å². The van der Waals surface area contributed by atoms with E-state index >= 15 is 0 Å². The molecule has 1 aliphatic heterocycles. The average Bonchev–Trinajstić information content (AvgIpc) is 2.54. The monoisotopic (exact) mass is 290 g/mol. The fourth-order valence-corrected chi connectivity index (χ4v) is 2.72. The van der Waals surface area contributed by atoms with Crippen molar-refractivity contribution in [3.63, 3.8) is 0 Å². The molecule has 0 saturated carbocycles. The zero-order valence-corrected chi connectivity index (χ0v) is 12.6. The van der Waals surface area contributed by atoms with E-state index in [1.165, 1.54) is 6.42 Å². The Bertz CT molecular complexity index is 416. The smallest absolute Gasteiger partial charge is 0.224 e. The Hall–Kier alpha value is -1.39. The first kappa shape index (κ1) is 16.0. The number of nitrogens with two attached hydrogens (primary N) is 1. The standard InChI is InChI=1S/C17H26N2O2/c18-13-15(12-14-6-2-1-3-7-14)17(20)19-10-9-16-8-4-5-11-21-16/h1-3,6-7,15-16H,4-5,8-13,18H2,(H,19,20). The molecule has 4 heteroatoms. The van der Waals surface area contributed by atoms with Gasteiger partial charge in [-0.2, -0.15) is 0 Å². The molecule has 2 atom stereocenters. The Morgan fingerprint density at radius 1 is 1.33 bits per heavy atom. The van der Waals surface area contributed by atoms with Gasteiger partial charge in [-0.25, -0.2) is 0 Å². The Kier molecular flexibility index (Phi) is 6.70. The van der Waals surface area contributed by atoms with Crippen molar-refractivity contribution in [2.75, 3.05) is 19.7 Å². The second-order valence-corrected chi connectivity index (χ2v) is 5.69. The van der Waals surface area contributed by atoms with Crippen LogP contribution in [0.2, 0.25) is 0 Å². The van der Waals surface area contributed by atoms with Crippen LogP contribution in [0.15, 0.2) is 30.3 Å². The lowest BCUT2D eigenvalue weighted by Crippen LogP contribution is -2.38. The fraction of sp³-hybridized carbons (Fsp3) is 0.588. The van der Waals surface area contributed by atoms with Gasteiger partial charge in [-0.3, -0.25) is 4.79 Å². The Balaban J connectivity index is 1.72. The number of rotatable bonds is 7. The summed E-state index contributed by atoms with van der Waals surface area (Å²) in [4.78, 5) is 12.2. The summed E-state index contributed by atoms with van der Waals surface area (Å²) in [5.74, 6) is -0.100. The van der Waals surface area contributed by atoms with Gasteiger partial charge in [0.15, 0.2) is 0 Å². The molecule has 1 heterocycles. The largest absolute Gasteiger partial charge is 0.378 e. The summed E-state index contributed by atoms with van der Waals surface area (Å²) < 4.78 is 5.67. The van der Waals surface area contributed by atoms with Crippen LogP contribution in [0, 0.1) is 5.92 Å². The Morgan fingerprint density at radius 2 is 2.14 bits per heavy atom.